The highest BCUT2D eigenvalue weighted by Crippen LogP contribution is 2.33. The zero-order valence-corrected chi connectivity index (χ0v) is 11.7. The molecule has 0 aromatic heterocycles. The molecule has 1 saturated heterocycles. The highest BCUT2D eigenvalue weighted by molar-refractivity contribution is 7.84. The molecule has 2 rings (SSSR count). The lowest BCUT2D eigenvalue weighted by Gasteiger charge is -2.40. The maximum atomic E-state index is 12.5. The smallest absolute Gasteiger partial charge is 0.248 e. The topological polar surface area (TPSA) is 66.5 Å². The van der Waals surface area contributed by atoms with Crippen LogP contribution in [0.5, 0.6) is 0 Å². The van der Waals surface area contributed by atoms with E-state index in [-0.39, 0.29) is 23.6 Å². The first kappa shape index (κ1) is 13.5. The van der Waals surface area contributed by atoms with Crippen LogP contribution in [0.1, 0.15) is 32.6 Å². The van der Waals surface area contributed by atoms with E-state index < -0.39 is 16.3 Å². The first-order chi connectivity index (χ1) is 8.44. The summed E-state index contributed by atoms with van der Waals surface area (Å²) in [6, 6.07) is 0. The van der Waals surface area contributed by atoms with Gasteiger partial charge in [-0.1, -0.05) is 12.8 Å². The third-order valence-electron chi connectivity index (χ3n) is 3.91. The molecule has 1 saturated carbocycles. The van der Waals surface area contributed by atoms with Crippen molar-refractivity contribution in [3.05, 3.63) is 0 Å². The van der Waals surface area contributed by atoms with Crippen LogP contribution in [0.4, 0.5) is 0 Å². The van der Waals surface area contributed by atoms with Crippen LogP contribution in [0.2, 0.25) is 0 Å². The molecule has 1 aliphatic heterocycles. The van der Waals surface area contributed by atoms with Crippen molar-refractivity contribution < 1.29 is 13.8 Å². The van der Waals surface area contributed by atoms with Gasteiger partial charge >= 0.3 is 0 Å². The van der Waals surface area contributed by atoms with E-state index >= 15 is 0 Å². The molecule has 0 radical (unpaired) electrons. The molecule has 2 amide bonds. The number of nitrogens with zero attached hydrogens (tertiary/aromatic N) is 1. The largest absolute Gasteiger partial charge is 0.340 e. The second-order valence-electron chi connectivity index (χ2n) is 5.33. The van der Waals surface area contributed by atoms with Crippen LogP contribution in [-0.4, -0.2) is 51.1 Å². The fourth-order valence-corrected chi connectivity index (χ4v) is 3.18. The Kier molecular flexibility index (Phi) is 3.75. The molecule has 6 heteroatoms. The minimum Gasteiger partial charge on any atom is -0.340 e. The van der Waals surface area contributed by atoms with Crippen molar-refractivity contribution in [3.8, 4) is 0 Å². The van der Waals surface area contributed by atoms with Crippen molar-refractivity contribution >= 4 is 22.6 Å². The average Bonchev–Trinajstić information content (AvgIpc) is 2.74. The predicted molar refractivity (Wildman–Crippen MR) is 69.5 cm³/mol. The standard InChI is InChI=1S/C12H20N2O3S/c1-9(18(2)17)7-14-8-10(15)13-12(11(14)16)5-3-4-6-12/h9H,3-8H2,1-2H3,(H,13,15). The minimum atomic E-state index is -0.977. The van der Waals surface area contributed by atoms with Crippen molar-refractivity contribution in [1.82, 2.24) is 10.2 Å². The molecule has 0 aromatic rings. The van der Waals surface area contributed by atoms with E-state index in [1.165, 1.54) is 0 Å². The van der Waals surface area contributed by atoms with Gasteiger partial charge in [0.25, 0.3) is 0 Å². The third kappa shape index (κ3) is 2.43. The van der Waals surface area contributed by atoms with E-state index in [0.29, 0.717) is 6.54 Å². The predicted octanol–water partition coefficient (Wildman–Crippen LogP) is 0.0246. The highest BCUT2D eigenvalue weighted by atomic mass is 32.2. The summed E-state index contributed by atoms with van der Waals surface area (Å²) in [4.78, 5) is 25.8. The van der Waals surface area contributed by atoms with Crippen LogP contribution in [0.25, 0.3) is 0 Å². The molecular weight excluding hydrogens is 252 g/mol. The zero-order valence-electron chi connectivity index (χ0n) is 10.9. The Morgan fingerprint density at radius 3 is 2.56 bits per heavy atom. The number of carbonyl (C=O) groups is 2. The summed E-state index contributed by atoms with van der Waals surface area (Å²) in [7, 11) is -0.977. The van der Waals surface area contributed by atoms with Crippen LogP contribution in [0.15, 0.2) is 0 Å². The molecule has 2 atom stereocenters. The van der Waals surface area contributed by atoms with Gasteiger partial charge in [-0.2, -0.15) is 0 Å². The lowest BCUT2D eigenvalue weighted by molar-refractivity contribution is -0.149. The van der Waals surface area contributed by atoms with Crippen LogP contribution < -0.4 is 5.32 Å². The van der Waals surface area contributed by atoms with Crippen molar-refractivity contribution in [3.63, 3.8) is 0 Å². The highest BCUT2D eigenvalue weighted by Gasteiger charge is 2.48. The van der Waals surface area contributed by atoms with Gasteiger partial charge in [0, 0.05) is 28.9 Å². The Morgan fingerprint density at radius 2 is 2.00 bits per heavy atom. The summed E-state index contributed by atoms with van der Waals surface area (Å²) < 4.78 is 11.4. The van der Waals surface area contributed by atoms with Gasteiger partial charge in [-0.3, -0.25) is 13.8 Å². The Bertz CT molecular complexity index is 391. The summed E-state index contributed by atoms with van der Waals surface area (Å²) in [5, 5.41) is 2.77. The van der Waals surface area contributed by atoms with Crippen LogP contribution in [0.3, 0.4) is 0 Å². The number of hydrogen-bond acceptors (Lipinski definition) is 3. The van der Waals surface area contributed by atoms with Gasteiger partial charge in [-0.25, -0.2) is 0 Å². The van der Waals surface area contributed by atoms with Crippen LogP contribution >= 0.6 is 0 Å². The number of hydrogen-bond donors (Lipinski definition) is 1. The average molecular weight is 272 g/mol. The van der Waals surface area contributed by atoms with Crippen molar-refractivity contribution in [2.24, 2.45) is 0 Å². The molecule has 0 aromatic carbocycles. The molecule has 102 valence electrons. The molecule has 1 aliphatic carbocycles. The van der Waals surface area contributed by atoms with E-state index in [2.05, 4.69) is 5.32 Å². The van der Waals surface area contributed by atoms with Gasteiger partial charge in [0.1, 0.15) is 5.54 Å². The Labute approximate surface area is 110 Å². The molecule has 5 nitrogen and oxygen atoms in total. The summed E-state index contributed by atoms with van der Waals surface area (Å²) in [6.07, 6.45) is 5.06. The van der Waals surface area contributed by atoms with E-state index in [1.807, 2.05) is 6.92 Å². The van der Waals surface area contributed by atoms with Crippen molar-refractivity contribution in [2.45, 2.75) is 43.4 Å². The molecule has 2 fully saturated rings. The molecule has 0 bridgehead atoms. The van der Waals surface area contributed by atoms with Gasteiger partial charge in [-0.15, -0.1) is 0 Å². The normalized spacial score (nSPS) is 26.2. The van der Waals surface area contributed by atoms with Gasteiger partial charge in [-0.05, 0) is 19.8 Å². The van der Waals surface area contributed by atoms with Gasteiger partial charge in [0.2, 0.25) is 11.8 Å². The maximum absolute atomic E-state index is 12.5. The molecular formula is C12H20N2O3S. The van der Waals surface area contributed by atoms with Crippen LogP contribution in [-0.2, 0) is 20.4 Å². The molecule has 2 unspecified atom stereocenters. The summed E-state index contributed by atoms with van der Waals surface area (Å²) in [5.74, 6) is -0.0810. The van der Waals surface area contributed by atoms with E-state index in [9.17, 15) is 13.8 Å². The fourth-order valence-electron chi connectivity index (χ4n) is 2.79. The van der Waals surface area contributed by atoms with Gasteiger partial charge < -0.3 is 10.2 Å². The van der Waals surface area contributed by atoms with E-state index in [0.717, 1.165) is 25.7 Å². The van der Waals surface area contributed by atoms with Crippen molar-refractivity contribution in [2.75, 3.05) is 19.3 Å². The molecule has 18 heavy (non-hydrogen) atoms. The zero-order chi connectivity index (χ0) is 13.3. The summed E-state index contributed by atoms with van der Waals surface area (Å²) in [6.45, 7) is 2.34. The van der Waals surface area contributed by atoms with E-state index in [1.54, 1.807) is 11.2 Å². The summed E-state index contributed by atoms with van der Waals surface area (Å²) in [5.41, 5.74) is -0.662. The van der Waals surface area contributed by atoms with Crippen molar-refractivity contribution in [1.29, 1.82) is 0 Å². The third-order valence-corrected chi connectivity index (χ3v) is 5.19. The SMILES string of the molecule is CC(CN1CC(=O)NC2(CCCC2)C1=O)S(C)=O. The number of amides is 2. The molecule has 1 N–H and O–H groups in total. The quantitative estimate of drug-likeness (QED) is 0.788. The maximum Gasteiger partial charge on any atom is 0.248 e. The minimum absolute atomic E-state index is 0.0110. The van der Waals surface area contributed by atoms with Crippen LogP contribution in [0, 0.1) is 0 Å². The molecule has 2 aliphatic rings. The first-order valence-electron chi connectivity index (χ1n) is 6.37. The first-order valence-corrected chi connectivity index (χ1v) is 7.99. The number of carbonyl (C=O) groups excluding carboxylic acids is 2. The second kappa shape index (κ2) is 4.99. The number of piperazine rings is 1. The van der Waals surface area contributed by atoms with Gasteiger partial charge in [0.05, 0.1) is 6.54 Å². The fraction of sp³-hybridized carbons (Fsp3) is 0.833. The molecule has 1 heterocycles. The second-order valence-corrected chi connectivity index (χ2v) is 7.13. The molecule has 1 spiro atoms. The summed E-state index contributed by atoms with van der Waals surface area (Å²) >= 11 is 0. The lowest BCUT2D eigenvalue weighted by Crippen LogP contribution is -2.66. The van der Waals surface area contributed by atoms with Gasteiger partial charge in [0.15, 0.2) is 0 Å². The number of rotatable bonds is 3. The number of nitrogens with one attached hydrogen (secondary N) is 1. The monoisotopic (exact) mass is 272 g/mol. The Morgan fingerprint density at radius 1 is 1.39 bits per heavy atom. The van der Waals surface area contributed by atoms with E-state index in [4.69, 9.17) is 0 Å². The Hall–Kier alpha value is -0.910. The Balaban J connectivity index is 2.13. The lowest BCUT2D eigenvalue weighted by atomic mass is 9.93.